The van der Waals surface area contributed by atoms with Crippen molar-refractivity contribution in [2.45, 2.75) is 19.8 Å². The second-order valence-corrected chi connectivity index (χ2v) is 4.71. The summed E-state index contributed by atoms with van der Waals surface area (Å²) < 4.78 is 5.09. The van der Waals surface area contributed by atoms with E-state index in [0.29, 0.717) is 18.7 Å². The summed E-state index contributed by atoms with van der Waals surface area (Å²) in [6.45, 7) is 3.74. The lowest BCUT2D eigenvalue weighted by Gasteiger charge is -2.33. The molecule has 1 aromatic rings. The molecule has 1 aromatic carbocycles. The third-order valence-corrected chi connectivity index (χ3v) is 3.45. The summed E-state index contributed by atoms with van der Waals surface area (Å²) in [4.78, 5) is 25.0. The van der Waals surface area contributed by atoms with E-state index in [1.54, 1.807) is 6.07 Å². The Morgan fingerprint density at radius 1 is 1.47 bits per heavy atom. The highest BCUT2D eigenvalue weighted by Gasteiger charge is 2.27. The Balaban J connectivity index is 2.12. The first-order valence-corrected chi connectivity index (χ1v) is 6.72. The van der Waals surface area contributed by atoms with Gasteiger partial charge < -0.3 is 9.64 Å². The largest absolute Gasteiger partial charge is 0.466 e. The van der Waals surface area contributed by atoms with Gasteiger partial charge in [0.15, 0.2) is 6.29 Å². The molecule has 0 spiro atoms. The maximum atomic E-state index is 11.8. The van der Waals surface area contributed by atoms with Crippen LogP contribution in [0, 0.1) is 5.92 Å². The molecular weight excluding hydrogens is 242 g/mol. The summed E-state index contributed by atoms with van der Waals surface area (Å²) in [7, 11) is 0. The molecular formula is C15H19NO3. The van der Waals surface area contributed by atoms with Gasteiger partial charge in [0, 0.05) is 24.3 Å². The van der Waals surface area contributed by atoms with E-state index in [1.807, 2.05) is 25.1 Å². The van der Waals surface area contributed by atoms with E-state index in [1.165, 1.54) is 0 Å². The summed E-state index contributed by atoms with van der Waals surface area (Å²) in [6.07, 6.45) is 2.67. The van der Waals surface area contributed by atoms with Crippen molar-refractivity contribution < 1.29 is 14.3 Å². The molecule has 4 heteroatoms. The molecule has 0 aromatic heterocycles. The van der Waals surface area contributed by atoms with Gasteiger partial charge in [0.1, 0.15) is 0 Å². The summed E-state index contributed by atoms with van der Waals surface area (Å²) in [6, 6.07) is 7.49. The van der Waals surface area contributed by atoms with Crippen LogP contribution in [0.4, 0.5) is 5.69 Å². The number of carbonyl (C=O) groups excluding carboxylic acids is 2. The number of benzene rings is 1. The predicted molar refractivity (Wildman–Crippen MR) is 73.4 cm³/mol. The van der Waals surface area contributed by atoms with Crippen molar-refractivity contribution in [1.29, 1.82) is 0 Å². The normalized spacial score (nSPS) is 19.0. The number of hydrogen-bond donors (Lipinski definition) is 0. The number of aldehydes is 1. The number of hydrogen-bond acceptors (Lipinski definition) is 4. The van der Waals surface area contributed by atoms with Crippen LogP contribution in [0.25, 0.3) is 0 Å². The van der Waals surface area contributed by atoms with Gasteiger partial charge in [-0.1, -0.05) is 12.1 Å². The Bertz CT molecular complexity index is 458. The quantitative estimate of drug-likeness (QED) is 0.616. The van der Waals surface area contributed by atoms with Crippen molar-refractivity contribution in [3.05, 3.63) is 29.8 Å². The molecule has 0 aliphatic carbocycles. The summed E-state index contributed by atoms with van der Waals surface area (Å²) in [5, 5.41) is 0. The fourth-order valence-corrected chi connectivity index (χ4v) is 2.52. The highest BCUT2D eigenvalue weighted by atomic mass is 16.5. The Kier molecular flexibility index (Phi) is 4.55. The van der Waals surface area contributed by atoms with Crippen LogP contribution in [0.15, 0.2) is 24.3 Å². The Morgan fingerprint density at radius 2 is 2.26 bits per heavy atom. The fraction of sp³-hybridized carbons (Fsp3) is 0.467. The molecule has 1 heterocycles. The minimum Gasteiger partial charge on any atom is -0.466 e. The molecule has 4 nitrogen and oxygen atoms in total. The maximum Gasteiger partial charge on any atom is 0.310 e. The Labute approximate surface area is 113 Å². The first-order chi connectivity index (χ1) is 9.26. The zero-order valence-electron chi connectivity index (χ0n) is 11.2. The lowest BCUT2D eigenvalue weighted by atomic mass is 9.97. The number of rotatable bonds is 4. The Morgan fingerprint density at radius 3 is 3.00 bits per heavy atom. The molecule has 1 unspecified atom stereocenters. The second-order valence-electron chi connectivity index (χ2n) is 4.71. The number of para-hydroxylation sites is 1. The van der Waals surface area contributed by atoms with Gasteiger partial charge in [0.2, 0.25) is 0 Å². The number of ether oxygens (including phenoxy) is 1. The average molecular weight is 261 g/mol. The molecule has 19 heavy (non-hydrogen) atoms. The molecule has 1 atom stereocenters. The van der Waals surface area contributed by atoms with Crippen molar-refractivity contribution in [1.82, 2.24) is 0 Å². The number of nitrogens with zero attached hydrogens (tertiary/aromatic N) is 1. The molecule has 1 fully saturated rings. The van der Waals surface area contributed by atoms with Crippen molar-refractivity contribution in [3.63, 3.8) is 0 Å². The van der Waals surface area contributed by atoms with E-state index in [9.17, 15) is 9.59 Å². The molecule has 1 saturated heterocycles. The van der Waals surface area contributed by atoms with E-state index in [2.05, 4.69) is 4.90 Å². The van der Waals surface area contributed by atoms with Gasteiger partial charge in [0.25, 0.3) is 0 Å². The predicted octanol–water partition coefficient (Wildman–Crippen LogP) is 2.28. The van der Waals surface area contributed by atoms with Crippen LogP contribution in [-0.4, -0.2) is 32.0 Å². The zero-order chi connectivity index (χ0) is 13.7. The summed E-state index contributed by atoms with van der Waals surface area (Å²) >= 11 is 0. The van der Waals surface area contributed by atoms with Crippen molar-refractivity contribution in [3.8, 4) is 0 Å². The number of piperidine rings is 1. The van der Waals surface area contributed by atoms with Gasteiger partial charge in [0.05, 0.1) is 12.5 Å². The molecule has 0 radical (unpaired) electrons. The molecule has 1 aliphatic rings. The highest BCUT2D eigenvalue weighted by Crippen LogP contribution is 2.26. The van der Waals surface area contributed by atoms with Gasteiger partial charge in [-0.3, -0.25) is 9.59 Å². The molecule has 102 valence electrons. The van der Waals surface area contributed by atoms with Crippen LogP contribution < -0.4 is 4.90 Å². The highest BCUT2D eigenvalue weighted by molar-refractivity contribution is 5.85. The molecule has 2 rings (SSSR count). The average Bonchev–Trinajstić information content (AvgIpc) is 2.47. The number of esters is 1. The van der Waals surface area contributed by atoms with Crippen LogP contribution >= 0.6 is 0 Å². The van der Waals surface area contributed by atoms with Crippen LogP contribution in [0.3, 0.4) is 0 Å². The standard InChI is InChI=1S/C15H19NO3/c1-2-19-15(18)12-7-5-9-16(10-12)14-8-4-3-6-13(14)11-17/h3-4,6,8,11-12H,2,5,7,9-10H2,1H3. The lowest BCUT2D eigenvalue weighted by Crippen LogP contribution is -2.39. The Hall–Kier alpha value is -1.84. The van der Waals surface area contributed by atoms with E-state index in [4.69, 9.17) is 4.74 Å². The van der Waals surface area contributed by atoms with Crippen LogP contribution in [0.2, 0.25) is 0 Å². The van der Waals surface area contributed by atoms with Gasteiger partial charge in [-0.15, -0.1) is 0 Å². The van der Waals surface area contributed by atoms with Crippen LogP contribution in [0.5, 0.6) is 0 Å². The molecule has 1 aliphatic heterocycles. The van der Waals surface area contributed by atoms with Gasteiger partial charge in [-0.05, 0) is 31.9 Å². The number of anilines is 1. The SMILES string of the molecule is CCOC(=O)C1CCCN(c2ccccc2C=O)C1. The van der Waals surface area contributed by atoms with Crippen LogP contribution in [0.1, 0.15) is 30.1 Å². The van der Waals surface area contributed by atoms with Gasteiger partial charge >= 0.3 is 5.97 Å². The molecule has 0 bridgehead atoms. The first kappa shape index (κ1) is 13.6. The van der Waals surface area contributed by atoms with Crippen molar-refractivity contribution >= 4 is 17.9 Å². The van der Waals surface area contributed by atoms with E-state index < -0.39 is 0 Å². The van der Waals surface area contributed by atoms with E-state index in [0.717, 1.165) is 31.4 Å². The van der Waals surface area contributed by atoms with E-state index >= 15 is 0 Å². The van der Waals surface area contributed by atoms with Crippen molar-refractivity contribution in [2.24, 2.45) is 5.92 Å². The molecule has 0 N–H and O–H groups in total. The minimum atomic E-state index is -0.129. The summed E-state index contributed by atoms with van der Waals surface area (Å²) in [5.74, 6) is -0.218. The molecule has 0 saturated carbocycles. The zero-order valence-corrected chi connectivity index (χ0v) is 11.2. The van der Waals surface area contributed by atoms with Crippen LogP contribution in [-0.2, 0) is 9.53 Å². The molecule has 0 amide bonds. The fourth-order valence-electron chi connectivity index (χ4n) is 2.52. The van der Waals surface area contributed by atoms with E-state index in [-0.39, 0.29) is 11.9 Å². The maximum absolute atomic E-state index is 11.8. The minimum absolute atomic E-state index is 0.0894. The first-order valence-electron chi connectivity index (χ1n) is 6.72. The smallest absolute Gasteiger partial charge is 0.310 e. The van der Waals surface area contributed by atoms with Gasteiger partial charge in [-0.2, -0.15) is 0 Å². The van der Waals surface area contributed by atoms with Crippen molar-refractivity contribution in [2.75, 3.05) is 24.6 Å². The topological polar surface area (TPSA) is 46.6 Å². The monoisotopic (exact) mass is 261 g/mol. The third kappa shape index (κ3) is 3.13. The third-order valence-electron chi connectivity index (χ3n) is 3.45. The van der Waals surface area contributed by atoms with Gasteiger partial charge in [-0.25, -0.2) is 0 Å². The second kappa shape index (κ2) is 6.36. The number of carbonyl (C=O) groups is 2. The summed E-state index contributed by atoms with van der Waals surface area (Å²) in [5.41, 5.74) is 1.58. The lowest BCUT2D eigenvalue weighted by molar-refractivity contribution is -0.148.